The molecule has 2 aliphatic heterocycles. The second kappa shape index (κ2) is 7.31. The Labute approximate surface area is 160 Å². The van der Waals surface area contributed by atoms with Crippen molar-refractivity contribution in [2.45, 2.75) is 58.8 Å². The Hall–Kier alpha value is -2.40. The van der Waals surface area contributed by atoms with Gasteiger partial charge in [-0.25, -0.2) is 0 Å². The maximum absolute atomic E-state index is 9.95. The summed E-state index contributed by atoms with van der Waals surface area (Å²) < 4.78 is 16.7. The molecule has 2 aromatic rings. The molecule has 5 heteroatoms. The number of rotatable bonds is 6. The van der Waals surface area contributed by atoms with Crippen molar-refractivity contribution in [2.24, 2.45) is 0 Å². The van der Waals surface area contributed by atoms with Crippen molar-refractivity contribution < 1.29 is 19.3 Å². The van der Waals surface area contributed by atoms with E-state index >= 15 is 0 Å². The lowest BCUT2D eigenvalue weighted by atomic mass is 10.0. The largest absolute Gasteiger partial charge is 0.504 e. The van der Waals surface area contributed by atoms with Gasteiger partial charge < -0.3 is 19.3 Å². The molecule has 2 aliphatic rings. The Balaban J connectivity index is 1.37. The number of hydrogen-bond acceptors (Lipinski definition) is 5. The van der Waals surface area contributed by atoms with Crippen LogP contribution in [0.3, 0.4) is 0 Å². The van der Waals surface area contributed by atoms with Crippen LogP contribution in [-0.4, -0.2) is 28.9 Å². The minimum atomic E-state index is 0.0442. The van der Waals surface area contributed by atoms with E-state index in [1.165, 1.54) is 16.7 Å². The highest BCUT2D eigenvalue weighted by atomic mass is 16.7. The second-order valence-corrected chi connectivity index (χ2v) is 7.74. The minimum absolute atomic E-state index is 0.0442. The van der Waals surface area contributed by atoms with Crippen LogP contribution >= 0.6 is 0 Å². The molecule has 0 aliphatic carbocycles. The van der Waals surface area contributed by atoms with Crippen molar-refractivity contribution in [1.29, 1.82) is 0 Å². The molecule has 1 N–H and O–H groups in total. The highest BCUT2D eigenvalue weighted by Gasteiger charge is 2.26. The molecular formula is C22H27NO4. The lowest BCUT2D eigenvalue weighted by molar-refractivity contribution is 0.173. The van der Waals surface area contributed by atoms with Gasteiger partial charge in [-0.3, -0.25) is 4.90 Å². The van der Waals surface area contributed by atoms with Gasteiger partial charge in [0.05, 0.1) is 6.10 Å². The van der Waals surface area contributed by atoms with Crippen molar-refractivity contribution >= 4 is 0 Å². The maximum atomic E-state index is 9.95. The number of ether oxygens (including phenoxy) is 3. The molecule has 144 valence electrons. The van der Waals surface area contributed by atoms with Crippen LogP contribution in [0.5, 0.6) is 23.0 Å². The molecule has 2 heterocycles. The average molecular weight is 369 g/mol. The summed E-state index contributed by atoms with van der Waals surface area (Å²) in [7, 11) is 0. The first kappa shape index (κ1) is 18.0. The third-order valence-corrected chi connectivity index (χ3v) is 5.30. The summed E-state index contributed by atoms with van der Waals surface area (Å²) in [5.74, 6) is 2.50. The second-order valence-electron chi connectivity index (χ2n) is 7.74. The zero-order chi connectivity index (χ0) is 19.0. The average Bonchev–Trinajstić information content (AvgIpc) is 3.25. The molecule has 0 aromatic heterocycles. The SMILES string of the molecule is CC(C)Oc1cc(CC[C@@H](C)N2Cc3cc4c(cc3C2)OCO4)ccc1O. The molecule has 0 amide bonds. The number of phenolic OH excluding ortho intramolecular Hbond substituents is 1. The summed E-state index contributed by atoms with van der Waals surface area (Å²) in [6.45, 7) is 8.43. The highest BCUT2D eigenvalue weighted by Crippen LogP contribution is 2.38. The van der Waals surface area contributed by atoms with E-state index in [9.17, 15) is 5.11 Å². The summed E-state index contributed by atoms with van der Waals surface area (Å²) >= 11 is 0. The number of phenols is 1. The summed E-state index contributed by atoms with van der Waals surface area (Å²) in [5, 5.41) is 9.95. The van der Waals surface area contributed by atoms with Crippen molar-refractivity contribution in [3.8, 4) is 23.0 Å². The topological polar surface area (TPSA) is 51.2 Å². The molecule has 0 unspecified atom stereocenters. The molecule has 4 rings (SSSR count). The third-order valence-electron chi connectivity index (χ3n) is 5.30. The molecule has 0 saturated carbocycles. The fourth-order valence-electron chi connectivity index (χ4n) is 3.75. The maximum Gasteiger partial charge on any atom is 0.231 e. The normalized spacial score (nSPS) is 16.6. The molecule has 0 saturated heterocycles. The van der Waals surface area contributed by atoms with Crippen LogP contribution in [0.25, 0.3) is 0 Å². The monoisotopic (exact) mass is 369 g/mol. The van der Waals surface area contributed by atoms with E-state index in [0.717, 1.165) is 37.4 Å². The zero-order valence-corrected chi connectivity index (χ0v) is 16.2. The first-order chi connectivity index (χ1) is 13.0. The van der Waals surface area contributed by atoms with E-state index in [-0.39, 0.29) is 11.9 Å². The molecule has 1 atom stereocenters. The predicted octanol–water partition coefficient (Wildman–Crippen LogP) is 4.25. The van der Waals surface area contributed by atoms with Crippen molar-refractivity contribution in [3.63, 3.8) is 0 Å². The fraction of sp³-hybridized carbons (Fsp3) is 0.455. The summed E-state index contributed by atoms with van der Waals surface area (Å²) in [6.07, 6.45) is 2.04. The number of hydrogen-bond donors (Lipinski definition) is 1. The Morgan fingerprint density at radius 1 is 1.04 bits per heavy atom. The molecule has 0 spiro atoms. The van der Waals surface area contributed by atoms with Gasteiger partial charge in [-0.1, -0.05) is 6.07 Å². The summed E-state index contributed by atoms with van der Waals surface area (Å²) in [5.41, 5.74) is 3.86. The van der Waals surface area contributed by atoms with Crippen molar-refractivity contribution in [1.82, 2.24) is 4.90 Å². The van der Waals surface area contributed by atoms with Crippen LogP contribution in [0.1, 0.15) is 43.9 Å². The van der Waals surface area contributed by atoms with Gasteiger partial charge in [-0.05, 0) is 74.6 Å². The lowest BCUT2D eigenvalue weighted by Gasteiger charge is -2.24. The molecule has 0 radical (unpaired) electrons. The van der Waals surface area contributed by atoms with Crippen LogP contribution in [0.15, 0.2) is 30.3 Å². The Morgan fingerprint density at radius 2 is 1.70 bits per heavy atom. The van der Waals surface area contributed by atoms with Crippen LogP contribution in [0.4, 0.5) is 0 Å². The molecule has 27 heavy (non-hydrogen) atoms. The molecule has 0 bridgehead atoms. The Bertz CT molecular complexity index is 800. The number of aromatic hydroxyl groups is 1. The molecule has 0 fully saturated rings. The fourth-order valence-corrected chi connectivity index (χ4v) is 3.75. The number of fused-ring (bicyclic) bond motifs is 2. The van der Waals surface area contributed by atoms with Gasteiger partial charge >= 0.3 is 0 Å². The van der Waals surface area contributed by atoms with Crippen LogP contribution in [0, 0.1) is 0 Å². The number of aryl methyl sites for hydroxylation is 1. The van der Waals surface area contributed by atoms with E-state index in [1.54, 1.807) is 6.07 Å². The first-order valence-electron chi connectivity index (χ1n) is 9.63. The van der Waals surface area contributed by atoms with Crippen LogP contribution in [-0.2, 0) is 19.5 Å². The van der Waals surface area contributed by atoms with Gasteiger partial charge in [-0.15, -0.1) is 0 Å². The van der Waals surface area contributed by atoms with Crippen LogP contribution < -0.4 is 14.2 Å². The van der Waals surface area contributed by atoms with Crippen LogP contribution in [0.2, 0.25) is 0 Å². The quantitative estimate of drug-likeness (QED) is 0.825. The van der Waals surface area contributed by atoms with Crippen molar-refractivity contribution in [3.05, 3.63) is 47.0 Å². The van der Waals surface area contributed by atoms with E-state index in [2.05, 4.69) is 24.0 Å². The first-order valence-corrected chi connectivity index (χ1v) is 9.63. The minimum Gasteiger partial charge on any atom is -0.504 e. The number of benzene rings is 2. The lowest BCUT2D eigenvalue weighted by Crippen LogP contribution is -2.28. The van der Waals surface area contributed by atoms with Gasteiger partial charge in [0.1, 0.15) is 0 Å². The van der Waals surface area contributed by atoms with E-state index in [4.69, 9.17) is 14.2 Å². The summed E-state index contributed by atoms with van der Waals surface area (Å²) in [4.78, 5) is 2.49. The van der Waals surface area contributed by atoms with E-state index < -0.39 is 0 Å². The molecular weight excluding hydrogens is 342 g/mol. The van der Waals surface area contributed by atoms with E-state index in [0.29, 0.717) is 18.6 Å². The highest BCUT2D eigenvalue weighted by molar-refractivity contribution is 5.50. The van der Waals surface area contributed by atoms with Gasteiger partial charge in [0.15, 0.2) is 23.0 Å². The standard InChI is InChI=1S/C22H27NO4/c1-14(2)27-20-8-16(6-7-19(20)24)5-4-15(3)23-11-17-9-21-22(26-13-25-21)10-18(17)12-23/h6-10,14-15,24H,4-5,11-13H2,1-3H3/t15-/m1/s1. The van der Waals surface area contributed by atoms with Gasteiger partial charge in [0.25, 0.3) is 0 Å². The van der Waals surface area contributed by atoms with Gasteiger partial charge in [0.2, 0.25) is 6.79 Å². The zero-order valence-electron chi connectivity index (χ0n) is 16.2. The Kier molecular flexibility index (Phi) is 4.87. The summed E-state index contributed by atoms with van der Waals surface area (Å²) in [6, 6.07) is 10.4. The molecule has 2 aromatic carbocycles. The smallest absolute Gasteiger partial charge is 0.231 e. The Morgan fingerprint density at radius 3 is 2.33 bits per heavy atom. The third kappa shape index (κ3) is 3.83. The van der Waals surface area contributed by atoms with Gasteiger partial charge in [-0.2, -0.15) is 0 Å². The van der Waals surface area contributed by atoms with Crippen molar-refractivity contribution in [2.75, 3.05) is 6.79 Å². The predicted molar refractivity (Wildman–Crippen MR) is 103 cm³/mol. The van der Waals surface area contributed by atoms with Gasteiger partial charge in [0, 0.05) is 19.1 Å². The molecule has 5 nitrogen and oxygen atoms in total. The van der Waals surface area contributed by atoms with E-state index in [1.807, 2.05) is 26.0 Å². The number of nitrogens with zero attached hydrogens (tertiary/aromatic N) is 1.